The SMILES string of the molecule is Cc1cc(F)cc(CNc2ncc3n(c2=O)[C@H](C(=O)NCc2ccc([C@@H](C)N)cc2)CC3)c1. The van der Waals surface area contributed by atoms with E-state index in [1.807, 2.05) is 44.2 Å². The maximum absolute atomic E-state index is 13.6. The molecule has 2 aromatic carbocycles. The summed E-state index contributed by atoms with van der Waals surface area (Å²) in [6.07, 6.45) is 2.77. The van der Waals surface area contributed by atoms with Gasteiger partial charge in [0, 0.05) is 31.0 Å². The van der Waals surface area contributed by atoms with Gasteiger partial charge in [-0.1, -0.05) is 30.3 Å². The highest BCUT2D eigenvalue weighted by molar-refractivity contribution is 5.81. The third-order valence-corrected chi connectivity index (χ3v) is 5.90. The molecule has 1 aliphatic rings. The van der Waals surface area contributed by atoms with Crippen molar-refractivity contribution in [2.75, 3.05) is 5.32 Å². The molecule has 0 saturated heterocycles. The van der Waals surface area contributed by atoms with Crippen LogP contribution in [-0.2, 0) is 24.3 Å². The highest BCUT2D eigenvalue weighted by Crippen LogP contribution is 2.24. The molecule has 33 heavy (non-hydrogen) atoms. The highest BCUT2D eigenvalue weighted by atomic mass is 19.1. The maximum atomic E-state index is 13.6. The molecule has 4 rings (SSSR count). The first-order valence-electron chi connectivity index (χ1n) is 11.0. The highest BCUT2D eigenvalue weighted by Gasteiger charge is 2.30. The van der Waals surface area contributed by atoms with Crippen LogP contribution < -0.4 is 21.9 Å². The van der Waals surface area contributed by atoms with Crippen LogP contribution in [0.25, 0.3) is 0 Å². The summed E-state index contributed by atoms with van der Waals surface area (Å²) >= 11 is 0. The van der Waals surface area contributed by atoms with Crippen molar-refractivity contribution in [2.24, 2.45) is 5.73 Å². The number of rotatable bonds is 7. The minimum Gasteiger partial charge on any atom is -0.361 e. The molecule has 1 amide bonds. The number of carbonyl (C=O) groups is 1. The predicted octanol–water partition coefficient (Wildman–Crippen LogP) is 3.13. The maximum Gasteiger partial charge on any atom is 0.294 e. The molecule has 4 N–H and O–H groups in total. The summed E-state index contributed by atoms with van der Waals surface area (Å²) in [6, 6.07) is 11.9. The van der Waals surface area contributed by atoms with E-state index in [9.17, 15) is 14.0 Å². The lowest BCUT2D eigenvalue weighted by atomic mass is 10.1. The number of nitrogens with one attached hydrogen (secondary N) is 2. The predicted molar refractivity (Wildman–Crippen MR) is 125 cm³/mol. The Bertz CT molecular complexity index is 1200. The van der Waals surface area contributed by atoms with E-state index in [1.54, 1.807) is 6.20 Å². The zero-order valence-electron chi connectivity index (χ0n) is 18.8. The molecule has 0 spiro atoms. The summed E-state index contributed by atoms with van der Waals surface area (Å²) in [6.45, 7) is 4.36. The molecule has 2 heterocycles. The number of nitrogens with two attached hydrogens (primary N) is 1. The van der Waals surface area contributed by atoms with Gasteiger partial charge in [-0.15, -0.1) is 0 Å². The van der Waals surface area contributed by atoms with E-state index in [0.717, 1.165) is 22.4 Å². The summed E-state index contributed by atoms with van der Waals surface area (Å²) in [5, 5.41) is 5.93. The second-order valence-electron chi connectivity index (χ2n) is 8.57. The first kappa shape index (κ1) is 22.7. The minimum absolute atomic E-state index is 0.0446. The molecule has 0 saturated carbocycles. The van der Waals surface area contributed by atoms with E-state index in [0.29, 0.717) is 24.9 Å². The minimum atomic E-state index is -0.587. The zero-order chi connectivity index (χ0) is 23.5. The summed E-state index contributed by atoms with van der Waals surface area (Å²) in [5.41, 5.74) is 9.76. The van der Waals surface area contributed by atoms with Gasteiger partial charge < -0.3 is 16.4 Å². The van der Waals surface area contributed by atoms with Crippen molar-refractivity contribution >= 4 is 11.7 Å². The molecule has 0 unspecified atom stereocenters. The van der Waals surface area contributed by atoms with E-state index in [2.05, 4.69) is 15.6 Å². The first-order valence-corrected chi connectivity index (χ1v) is 11.0. The molecule has 3 aromatic rings. The number of hydrogen-bond acceptors (Lipinski definition) is 5. The van der Waals surface area contributed by atoms with Crippen LogP contribution in [0.4, 0.5) is 10.2 Å². The molecule has 8 heteroatoms. The Morgan fingerprint density at radius 2 is 1.97 bits per heavy atom. The summed E-state index contributed by atoms with van der Waals surface area (Å²) in [7, 11) is 0. The topological polar surface area (TPSA) is 102 Å². The quantitative estimate of drug-likeness (QED) is 0.514. The van der Waals surface area contributed by atoms with E-state index in [-0.39, 0.29) is 35.7 Å². The number of fused-ring (bicyclic) bond motifs is 1. The molecular weight excluding hydrogens is 421 g/mol. The zero-order valence-corrected chi connectivity index (χ0v) is 18.8. The van der Waals surface area contributed by atoms with Gasteiger partial charge in [0.2, 0.25) is 5.91 Å². The summed E-state index contributed by atoms with van der Waals surface area (Å²) < 4.78 is 15.2. The molecule has 2 atom stereocenters. The molecule has 0 radical (unpaired) electrons. The fourth-order valence-corrected chi connectivity index (χ4v) is 4.16. The van der Waals surface area contributed by atoms with Gasteiger partial charge in [-0.05, 0) is 61.1 Å². The Morgan fingerprint density at radius 1 is 1.21 bits per heavy atom. The molecule has 0 fully saturated rings. The number of hydrogen-bond donors (Lipinski definition) is 3. The molecule has 1 aromatic heterocycles. The lowest BCUT2D eigenvalue weighted by Gasteiger charge is -2.16. The number of benzene rings is 2. The number of halogens is 1. The van der Waals surface area contributed by atoms with Crippen LogP contribution in [0.1, 0.15) is 53.4 Å². The van der Waals surface area contributed by atoms with Crippen LogP contribution in [0, 0.1) is 12.7 Å². The monoisotopic (exact) mass is 449 g/mol. The molecule has 1 aliphatic heterocycles. The smallest absolute Gasteiger partial charge is 0.294 e. The van der Waals surface area contributed by atoms with Crippen molar-refractivity contribution in [3.8, 4) is 0 Å². The van der Waals surface area contributed by atoms with E-state index >= 15 is 0 Å². The Kier molecular flexibility index (Phi) is 6.55. The van der Waals surface area contributed by atoms with Crippen LogP contribution in [-0.4, -0.2) is 15.5 Å². The Labute approximate surface area is 191 Å². The van der Waals surface area contributed by atoms with E-state index < -0.39 is 6.04 Å². The van der Waals surface area contributed by atoms with Crippen LogP contribution in [0.5, 0.6) is 0 Å². The number of anilines is 1. The van der Waals surface area contributed by atoms with Crippen molar-refractivity contribution in [1.82, 2.24) is 14.9 Å². The molecule has 0 bridgehead atoms. The van der Waals surface area contributed by atoms with E-state index in [4.69, 9.17) is 5.73 Å². The number of aromatic nitrogens is 2. The number of amides is 1. The third-order valence-electron chi connectivity index (χ3n) is 5.90. The molecular formula is C25H28FN5O2. The molecule has 172 valence electrons. The Hall–Kier alpha value is -3.52. The fraction of sp³-hybridized carbons (Fsp3) is 0.320. The number of carbonyl (C=O) groups excluding carboxylic acids is 1. The van der Waals surface area contributed by atoms with Crippen molar-refractivity contribution < 1.29 is 9.18 Å². The third kappa shape index (κ3) is 5.12. The normalized spacial score (nSPS) is 15.7. The lowest BCUT2D eigenvalue weighted by molar-refractivity contribution is -0.124. The van der Waals surface area contributed by atoms with Gasteiger partial charge in [0.1, 0.15) is 11.9 Å². The number of nitrogens with zero attached hydrogens (tertiary/aromatic N) is 2. The first-order chi connectivity index (χ1) is 15.8. The summed E-state index contributed by atoms with van der Waals surface area (Å²) in [4.78, 5) is 30.2. The molecule has 0 aliphatic carbocycles. The Balaban J connectivity index is 1.45. The largest absolute Gasteiger partial charge is 0.361 e. The lowest BCUT2D eigenvalue weighted by Crippen LogP contribution is -2.36. The van der Waals surface area contributed by atoms with Crippen LogP contribution in [0.3, 0.4) is 0 Å². The standard InChI is InChI=1S/C25H28FN5O2/c1-15-9-18(11-20(26)10-15)13-28-23-25(33)31-21(14-29-23)7-8-22(31)24(32)30-12-17-3-5-19(6-4-17)16(2)27/h3-6,9-11,14,16,22H,7-8,12-13,27H2,1-2H3,(H,28,29)(H,30,32)/t16-,22+/m1/s1. The molecule has 7 nitrogen and oxygen atoms in total. The van der Waals surface area contributed by atoms with Crippen LogP contribution >= 0.6 is 0 Å². The van der Waals surface area contributed by atoms with Crippen molar-refractivity contribution in [3.63, 3.8) is 0 Å². The van der Waals surface area contributed by atoms with Gasteiger partial charge in [0.05, 0.1) is 0 Å². The second-order valence-corrected chi connectivity index (χ2v) is 8.57. The number of aryl methyl sites for hydroxylation is 2. The van der Waals surface area contributed by atoms with Gasteiger partial charge in [0.15, 0.2) is 5.82 Å². The van der Waals surface area contributed by atoms with Gasteiger partial charge >= 0.3 is 0 Å². The van der Waals surface area contributed by atoms with Crippen molar-refractivity contribution in [3.05, 3.63) is 92.8 Å². The summed E-state index contributed by atoms with van der Waals surface area (Å²) in [5.74, 6) is -0.383. The fourth-order valence-electron chi connectivity index (χ4n) is 4.16. The second kappa shape index (κ2) is 9.54. The van der Waals surface area contributed by atoms with Gasteiger partial charge in [-0.2, -0.15) is 0 Å². The Morgan fingerprint density at radius 3 is 2.67 bits per heavy atom. The van der Waals surface area contributed by atoms with Crippen LogP contribution in [0.2, 0.25) is 0 Å². The van der Waals surface area contributed by atoms with Crippen LogP contribution in [0.15, 0.2) is 53.5 Å². The van der Waals surface area contributed by atoms with Crippen molar-refractivity contribution in [1.29, 1.82) is 0 Å². The average Bonchev–Trinajstić information content (AvgIpc) is 3.22. The van der Waals surface area contributed by atoms with Gasteiger partial charge in [-0.25, -0.2) is 9.37 Å². The van der Waals surface area contributed by atoms with Crippen molar-refractivity contribution in [2.45, 2.75) is 51.9 Å². The van der Waals surface area contributed by atoms with E-state index in [1.165, 1.54) is 16.7 Å². The average molecular weight is 450 g/mol. The van der Waals surface area contributed by atoms with Gasteiger partial charge in [-0.3, -0.25) is 14.2 Å². The van der Waals surface area contributed by atoms with Gasteiger partial charge in [0.25, 0.3) is 5.56 Å².